The van der Waals surface area contributed by atoms with Gasteiger partial charge in [0.05, 0.1) is 19.7 Å². The summed E-state index contributed by atoms with van der Waals surface area (Å²) in [5.74, 6) is 0.541. The molecule has 108 valence electrons. The molecule has 0 saturated heterocycles. The van der Waals surface area contributed by atoms with Gasteiger partial charge in [-0.2, -0.15) is 0 Å². The molecule has 1 aliphatic rings. The molecular formula is C16H17N3O2. The van der Waals surface area contributed by atoms with Crippen LogP contribution in [0.5, 0.6) is 0 Å². The molecule has 0 radical (unpaired) electrons. The van der Waals surface area contributed by atoms with Crippen molar-refractivity contribution in [1.82, 2.24) is 10.2 Å². The quantitative estimate of drug-likeness (QED) is 0.875. The van der Waals surface area contributed by atoms with Gasteiger partial charge < -0.3 is 9.64 Å². The first-order valence-corrected chi connectivity index (χ1v) is 6.80. The zero-order chi connectivity index (χ0) is 14.8. The number of benzene rings is 2. The summed E-state index contributed by atoms with van der Waals surface area (Å²) in [6, 6.07) is 14.7. The van der Waals surface area contributed by atoms with Crippen LogP contribution in [0, 0.1) is 0 Å². The number of nitrogens with one attached hydrogen (secondary N) is 1. The normalized spacial score (nSPS) is 17.7. The van der Waals surface area contributed by atoms with E-state index in [1.807, 2.05) is 24.1 Å². The first-order chi connectivity index (χ1) is 10.2. The molecule has 0 saturated carbocycles. The van der Waals surface area contributed by atoms with E-state index >= 15 is 0 Å². The average Bonchev–Trinajstić information content (AvgIpc) is 2.87. The fraction of sp³-hybridized carbons (Fsp3) is 0.250. The van der Waals surface area contributed by atoms with Gasteiger partial charge in [0, 0.05) is 7.05 Å². The minimum absolute atomic E-state index is 0.114. The van der Waals surface area contributed by atoms with Crippen LogP contribution in [-0.4, -0.2) is 37.7 Å². The molecule has 1 aliphatic heterocycles. The smallest absolute Gasteiger partial charge is 0.413 e. The highest BCUT2D eigenvalue weighted by Crippen LogP contribution is 2.30. The summed E-state index contributed by atoms with van der Waals surface area (Å²) >= 11 is 0. The highest BCUT2D eigenvalue weighted by Gasteiger charge is 2.28. The number of methoxy groups -OCH3 is 1. The number of fused-ring (bicyclic) bond motifs is 1. The van der Waals surface area contributed by atoms with Crippen LogP contribution in [0.2, 0.25) is 0 Å². The molecule has 0 fully saturated rings. The van der Waals surface area contributed by atoms with E-state index in [0.29, 0.717) is 12.5 Å². The van der Waals surface area contributed by atoms with Crippen molar-refractivity contribution in [2.45, 2.75) is 6.04 Å². The van der Waals surface area contributed by atoms with Crippen molar-refractivity contribution in [2.75, 3.05) is 20.7 Å². The van der Waals surface area contributed by atoms with Crippen LogP contribution < -0.4 is 5.32 Å². The lowest BCUT2D eigenvalue weighted by molar-refractivity contribution is 0.175. The van der Waals surface area contributed by atoms with Gasteiger partial charge in [0.15, 0.2) is 0 Å². The Morgan fingerprint density at radius 2 is 2.05 bits per heavy atom. The van der Waals surface area contributed by atoms with Crippen LogP contribution in [0.3, 0.4) is 0 Å². The van der Waals surface area contributed by atoms with Gasteiger partial charge in [0.1, 0.15) is 0 Å². The van der Waals surface area contributed by atoms with Gasteiger partial charge in [-0.25, -0.2) is 4.79 Å². The van der Waals surface area contributed by atoms with Gasteiger partial charge in [-0.1, -0.05) is 42.5 Å². The van der Waals surface area contributed by atoms with E-state index in [9.17, 15) is 4.79 Å². The Balaban J connectivity index is 1.90. The Bertz CT molecular complexity index is 706. The van der Waals surface area contributed by atoms with Crippen LogP contribution in [-0.2, 0) is 4.74 Å². The second-order valence-electron chi connectivity index (χ2n) is 4.98. The molecule has 1 unspecified atom stereocenters. The summed E-state index contributed by atoms with van der Waals surface area (Å²) in [7, 11) is 3.27. The van der Waals surface area contributed by atoms with Crippen molar-refractivity contribution < 1.29 is 9.53 Å². The summed E-state index contributed by atoms with van der Waals surface area (Å²) in [5, 5.41) is 5.06. The van der Waals surface area contributed by atoms with E-state index in [0.717, 1.165) is 0 Å². The number of rotatable bonds is 1. The van der Waals surface area contributed by atoms with Gasteiger partial charge in [0.2, 0.25) is 5.96 Å². The molecule has 1 amide bonds. The molecule has 0 spiro atoms. The Morgan fingerprint density at radius 3 is 2.86 bits per heavy atom. The molecule has 2 aromatic carbocycles. The number of likely N-dealkylation sites (N-methyl/N-ethyl adjacent to an activating group) is 1. The van der Waals surface area contributed by atoms with Crippen molar-refractivity contribution in [1.29, 1.82) is 0 Å². The van der Waals surface area contributed by atoms with Crippen molar-refractivity contribution >= 4 is 22.8 Å². The average molecular weight is 283 g/mol. The minimum atomic E-state index is -0.501. The lowest BCUT2D eigenvalue weighted by atomic mass is 9.98. The fourth-order valence-electron chi connectivity index (χ4n) is 2.67. The van der Waals surface area contributed by atoms with E-state index < -0.39 is 6.09 Å². The Kier molecular flexibility index (Phi) is 3.48. The lowest BCUT2D eigenvalue weighted by Gasteiger charge is -2.24. The van der Waals surface area contributed by atoms with Crippen LogP contribution in [0.15, 0.2) is 47.5 Å². The van der Waals surface area contributed by atoms with E-state index in [1.54, 1.807) is 0 Å². The molecule has 1 N–H and O–H groups in total. The van der Waals surface area contributed by atoms with Crippen LogP contribution >= 0.6 is 0 Å². The highest BCUT2D eigenvalue weighted by molar-refractivity contribution is 5.95. The van der Waals surface area contributed by atoms with E-state index in [4.69, 9.17) is 0 Å². The molecule has 0 aliphatic carbocycles. The molecule has 5 nitrogen and oxygen atoms in total. The molecule has 1 heterocycles. The van der Waals surface area contributed by atoms with Crippen molar-refractivity contribution in [3.8, 4) is 0 Å². The number of carbonyl (C=O) groups is 1. The molecule has 3 rings (SSSR count). The SMILES string of the molecule is COC(=O)NC1=NCC(c2cccc3ccccc23)N1C. The zero-order valence-corrected chi connectivity index (χ0v) is 12.0. The topological polar surface area (TPSA) is 53.9 Å². The largest absolute Gasteiger partial charge is 0.453 e. The first-order valence-electron chi connectivity index (χ1n) is 6.80. The standard InChI is InChI=1S/C16H17N3O2/c1-19-14(10-17-15(19)18-16(20)21-2)13-9-5-7-11-6-3-4-8-12(11)13/h3-9,14H,10H2,1-2H3,(H,17,18,20). The second-order valence-corrected chi connectivity index (χ2v) is 4.98. The van der Waals surface area contributed by atoms with Gasteiger partial charge >= 0.3 is 6.09 Å². The summed E-state index contributed by atoms with van der Waals surface area (Å²) < 4.78 is 4.61. The molecule has 0 bridgehead atoms. The van der Waals surface area contributed by atoms with E-state index in [-0.39, 0.29) is 6.04 Å². The van der Waals surface area contributed by atoms with Gasteiger partial charge in [-0.15, -0.1) is 0 Å². The number of alkyl carbamates (subject to hydrolysis) is 1. The predicted octanol–water partition coefficient (Wildman–Crippen LogP) is 2.54. The Hall–Kier alpha value is -2.56. The molecule has 5 heteroatoms. The van der Waals surface area contributed by atoms with Crippen LogP contribution in [0.4, 0.5) is 4.79 Å². The second kappa shape index (κ2) is 5.44. The van der Waals surface area contributed by atoms with E-state index in [1.165, 1.54) is 23.4 Å². The van der Waals surface area contributed by atoms with Crippen molar-refractivity contribution in [3.63, 3.8) is 0 Å². The van der Waals surface area contributed by atoms with Gasteiger partial charge in [-0.05, 0) is 16.3 Å². The number of carbonyl (C=O) groups excluding carboxylic acids is 1. The summed E-state index contributed by atoms with van der Waals surface area (Å²) in [5.41, 5.74) is 1.21. The number of amides is 1. The van der Waals surface area contributed by atoms with E-state index in [2.05, 4.69) is 45.4 Å². The molecule has 21 heavy (non-hydrogen) atoms. The van der Waals surface area contributed by atoms with Crippen molar-refractivity contribution in [3.05, 3.63) is 48.0 Å². The summed E-state index contributed by atoms with van der Waals surface area (Å²) in [4.78, 5) is 17.7. The monoisotopic (exact) mass is 283 g/mol. The first kappa shape index (κ1) is 13.4. The third-order valence-corrected chi connectivity index (χ3v) is 3.80. The van der Waals surface area contributed by atoms with Crippen LogP contribution in [0.25, 0.3) is 10.8 Å². The highest BCUT2D eigenvalue weighted by atomic mass is 16.5. The van der Waals surface area contributed by atoms with Gasteiger partial charge in [0.25, 0.3) is 0 Å². The number of nitrogens with zero attached hydrogens (tertiary/aromatic N) is 2. The van der Waals surface area contributed by atoms with Crippen molar-refractivity contribution in [2.24, 2.45) is 4.99 Å². The predicted molar refractivity (Wildman–Crippen MR) is 82.3 cm³/mol. The number of hydrogen-bond donors (Lipinski definition) is 1. The maximum atomic E-state index is 11.3. The molecular weight excluding hydrogens is 266 g/mol. The number of aliphatic imine (C=N–C) groups is 1. The minimum Gasteiger partial charge on any atom is -0.453 e. The number of guanidine groups is 1. The third kappa shape index (κ3) is 2.42. The summed E-state index contributed by atoms with van der Waals surface area (Å²) in [6.07, 6.45) is -0.501. The lowest BCUT2D eigenvalue weighted by Crippen LogP contribution is -2.40. The summed E-state index contributed by atoms with van der Waals surface area (Å²) in [6.45, 7) is 0.615. The fourth-order valence-corrected chi connectivity index (χ4v) is 2.67. The maximum Gasteiger partial charge on any atom is 0.413 e. The Labute approximate surface area is 123 Å². The number of ether oxygens (including phenoxy) is 1. The van der Waals surface area contributed by atoms with Gasteiger partial charge in [-0.3, -0.25) is 10.3 Å². The third-order valence-electron chi connectivity index (χ3n) is 3.80. The molecule has 0 aromatic heterocycles. The number of hydrogen-bond acceptors (Lipinski definition) is 4. The van der Waals surface area contributed by atoms with Crippen LogP contribution in [0.1, 0.15) is 11.6 Å². The molecule has 2 aromatic rings. The Morgan fingerprint density at radius 1 is 1.29 bits per heavy atom. The molecule has 1 atom stereocenters. The zero-order valence-electron chi connectivity index (χ0n) is 12.0. The maximum absolute atomic E-state index is 11.3.